The molecule has 3 rings (SSSR count). The fourth-order valence-electron chi connectivity index (χ4n) is 4.61. The number of carbonyl (C=O) groups excluding carboxylic acids is 1. The molecule has 0 aromatic carbocycles. The maximum atomic E-state index is 12.2. The van der Waals surface area contributed by atoms with Gasteiger partial charge in [0.2, 0.25) is 5.91 Å². The van der Waals surface area contributed by atoms with Gasteiger partial charge in [-0.3, -0.25) is 9.69 Å². The molecule has 1 aromatic heterocycles. The van der Waals surface area contributed by atoms with Gasteiger partial charge in [-0.1, -0.05) is 51.7 Å². The summed E-state index contributed by atoms with van der Waals surface area (Å²) in [4.78, 5) is 25.6. The summed E-state index contributed by atoms with van der Waals surface area (Å²) in [7, 11) is 0. The molecule has 2 heterocycles. The highest BCUT2D eigenvalue weighted by Gasteiger charge is 2.38. The molecule has 1 aromatic rings. The Morgan fingerprint density at radius 3 is 2.15 bits per heavy atom. The lowest BCUT2D eigenvalue weighted by Crippen LogP contribution is -2.41. The lowest BCUT2D eigenvalue weighted by molar-refractivity contribution is -0.192. The summed E-state index contributed by atoms with van der Waals surface area (Å²) < 4.78 is 33.8. The number of nitrogens with zero attached hydrogens (tertiary/aromatic N) is 5. The quantitative estimate of drug-likeness (QED) is 0.600. The van der Waals surface area contributed by atoms with E-state index in [-0.39, 0.29) is 11.8 Å². The average Bonchev–Trinajstić information content (AvgIpc) is 3.09. The number of amides is 1. The minimum atomic E-state index is -5.08. The zero-order valence-electron chi connectivity index (χ0n) is 20.4. The van der Waals surface area contributed by atoms with Gasteiger partial charge in [0.05, 0.1) is 17.9 Å². The molecule has 2 aliphatic rings. The van der Waals surface area contributed by atoms with Crippen LogP contribution in [0.2, 0.25) is 0 Å². The van der Waals surface area contributed by atoms with Crippen molar-refractivity contribution in [2.24, 2.45) is 5.92 Å². The Balaban J connectivity index is 0.000000509. The molecule has 34 heavy (non-hydrogen) atoms. The van der Waals surface area contributed by atoms with Crippen LogP contribution in [0.3, 0.4) is 0 Å². The van der Waals surface area contributed by atoms with E-state index in [4.69, 9.17) is 9.90 Å². The highest BCUT2D eigenvalue weighted by atomic mass is 19.4. The van der Waals surface area contributed by atoms with Crippen molar-refractivity contribution in [3.05, 3.63) is 11.9 Å². The molecule has 0 unspecified atom stereocenters. The molecule has 11 heteroatoms. The first-order valence-corrected chi connectivity index (χ1v) is 12.3. The molecule has 0 spiro atoms. The van der Waals surface area contributed by atoms with Crippen LogP contribution in [0.15, 0.2) is 6.20 Å². The highest BCUT2D eigenvalue weighted by molar-refractivity contribution is 5.78. The van der Waals surface area contributed by atoms with E-state index >= 15 is 0 Å². The van der Waals surface area contributed by atoms with Gasteiger partial charge in [0, 0.05) is 31.6 Å². The van der Waals surface area contributed by atoms with Gasteiger partial charge in [-0.05, 0) is 32.2 Å². The van der Waals surface area contributed by atoms with Gasteiger partial charge in [0.15, 0.2) is 0 Å². The summed E-state index contributed by atoms with van der Waals surface area (Å²) in [5.41, 5.74) is 1.08. The number of likely N-dealkylation sites (tertiary alicyclic amines) is 1. The van der Waals surface area contributed by atoms with Crippen molar-refractivity contribution in [3.8, 4) is 0 Å². The van der Waals surface area contributed by atoms with E-state index < -0.39 is 12.1 Å². The molecule has 1 amide bonds. The van der Waals surface area contributed by atoms with E-state index in [0.717, 1.165) is 44.7 Å². The van der Waals surface area contributed by atoms with Crippen molar-refractivity contribution in [1.82, 2.24) is 24.8 Å². The second-order valence-electron chi connectivity index (χ2n) is 9.41. The summed E-state index contributed by atoms with van der Waals surface area (Å²) >= 11 is 0. The number of halogens is 3. The Kier molecular flexibility index (Phi) is 10.8. The number of rotatable bonds is 6. The van der Waals surface area contributed by atoms with E-state index in [9.17, 15) is 18.0 Å². The highest BCUT2D eigenvalue weighted by Crippen LogP contribution is 2.25. The Hall–Kier alpha value is -2.17. The van der Waals surface area contributed by atoms with E-state index in [2.05, 4.69) is 28.3 Å². The van der Waals surface area contributed by atoms with Crippen LogP contribution in [0.5, 0.6) is 0 Å². The number of aliphatic carboxylic acids is 1. The van der Waals surface area contributed by atoms with Crippen LogP contribution in [0, 0.1) is 5.92 Å². The molecule has 0 bridgehead atoms. The molecule has 1 saturated heterocycles. The molecule has 1 saturated carbocycles. The van der Waals surface area contributed by atoms with E-state index in [0.29, 0.717) is 12.1 Å². The summed E-state index contributed by atoms with van der Waals surface area (Å²) in [6, 6.07) is 1.07. The van der Waals surface area contributed by atoms with Gasteiger partial charge >= 0.3 is 12.1 Å². The normalized spacial score (nSPS) is 18.5. The number of hydrogen-bond acceptors (Lipinski definition) is 5. The van der Waals surface area contributed by atoms with Crippen molar-refractivity contribution >= 4 is 11.9 Å². The van der Waals surface area contributed by atoms with Gasteiger partial charge in [-0.2, -0.15) is 13.2 Å². The van der Waals surface area contributed by atoms with Crippen LogP contribution < -0.4 is 0 Å². The first-order chi connectivity index (χ1) is 16.0. The van der Waals surface area contributed by atoms with E-state index in [1.165, 1.54) is 38.5 Å². The molecule has 1 N–H and O–H groups in total. The minimum absolute atomic E-state index is 0.0866. The van der Waals surface area contributed by atoms with Gasteiger partial charge < -0.3 is 10.0 Å². The zero-order valence-corrected chi connectivity index (χ0v) is 20.4. The fraction of sp³-hybridized carbons (Fsp3) is 0.826. The SMILES string of the molecule is CCN(Cc1cn(C2CCN(C(=O)C(C)C)CC2)nn1)C1CCCCCC1.O=C(O)C(F)(F)F. The van der Waals surface area contributed by atoms with Crippen LogP contribution in [-0.4, -0.2) is 73.6 Å². The Labute approximate surface area is 199 Å². The Morgan fingerprint density at radius 2 is 1.68 bits per heavy atom. The van der Waals surface area contributed by atoms with Crippen molar-refractivity contribution in [3.63, 3.8) is 0 Å². The van der Waals surface area contributed by atoms with Crippen molar-refractivity contribution < 1.29 is 27.9 Å². The number of carboxylic acid groups (broad SMARTS) is 1. The molecule has 194 valence electrons. The maximum absolute atomic E-state index is 12.2. The number of hydrogen-bond donors (Lipinski definition) is 1. The fourth-order valence-corrected chi connectivity index (χ4v) is 4.61. The second kappa shape index (κ2) is 13.1. The van der Waals surface area contributed by atoms with Crippen LogP contribution in [0.1, 0.15) is 83.9 Å². The predicted octanol–water partition coefficient (Wildman–Crippen LogP) is 4.28. The largest absolute Gasteiger partial charge is 0.490 e. The average molecular weight is 490 g/mol. The van der Waals surface area contributed by atoms with Gasteiger partial charge in [-0.25, -0.2) is 9.48 Å². The monoisotopic (exact) mass is 489 g/mol. The topological polar surface area (TPSA) is 91.6 Å². The maximum Gasteiger partial charge on any atom is 0.490 e. The zero-order chi connectivity index (χ0) is 25.3. The minimum Gasteiger partial charge on any atom is -0.475 e. The smallest absolute Gasteiger partial charge is 0.475 e. The lowest BCUT2D eigenvalue weighted by Gasteiger charge is -2.33. The number of alkyl halides is 3. The Morgan fingerprint density at radius 1 is 1.12 bits per heavy atom. The summed E-state index contributed by atoms with van der Waals surface area (Å²) in [5.74, 6) is -2.40. The number of carboxylic acids is 1. The van der Waals surface area contributed by atoms with Gasteiger partial charge in [-0.15, -0.1) is 5.10 Å². The summed E-state index contributed by atoms with van der Waals surface area (Å²) in [6.07, 6.45) is 7.16. The first kappa shape index (κ1) is 28.1. The third kappa shape index (κ3) is 8.56. The first-order valence-electron chi connectivity index (χ1n) is 12.3. The van der Waals surface area contributed by atoms with Crippen LogP contribution >= 0.6 is 0 Å². The van der Waals surface area contributed by atoms with Crippen molar-refractivity contribution in [1.29, 1.82) is 0 Å². The molecule has 1 aliphatic heterocycles. The van der Waals surface area contributed by atoms with Crippen LogP contribution in [-0.2, 0) is 16.1 Å². The predicted molar refractivity (Wildman–Crippen MR) is 121 cm³/mol. The lowest BCUT2D eigenvalue weighted by atomic mass is 10.0. The second-order valence-corrected chi connectivity index (χ2v) is 9.41. The van der Waals surface area contributed by atoms with Crippen molar-refractivity contribution in [2.75, 3.05) is 19.6 Å². The third-order valence-corrected chi connectivity index (χ3v) is 6.56. The molecule has 0 radical (unpaired) electrons. The number of carbonyl (C=O) groups is 2. The van der Waals surface area contributed by atoms with Crippen LogP contribution in [0.4, 0.5) is 13.2 Å². The van der Waals surface area contributed by atoms with Gasteiger partial charge in [0.1, 0.15) is 0 Å². The molecule has 8 nitrogen and oxygen atoms in total. The molecular weight excluding hydrogens is 451 g/mol. The third-order valence-electron chi connectivity index (χ3n) is 6.56. The standard InChI is InChI=1S/C21H37N5O.C2HF3O2/c1-4-24(19-9-7-5-6-8-10-19)15-18-16-26(23-22-18)20-11-13-25(14-12-20)21(27)17(2)3;3-2(4,5)1(6)7/h16-17,19-20H,4-15H2,1-3H3;(H,6,7). The molecular formula is C23H38F3N5O3. The molecule has 2 fully saturated rings. The number of aromatic nitrogens is 3. The van der Waals surface area contributed by atoms with E-state index in [1.54, 1.807) is 0 Å². The van der Waals surface area contributed by atoms with Crippen molar-refractivity contribution in [2.45, 2.75) is 96.9 Å². The van der Waals surface area contributed by atoms with E-state index in [1.807, 2.05) is 23.4 Å². The van der Waals surface area contributed by atoms with Crippen LogP contribution in [0.25, 0.3) is 0 Å². The summed E-state index contributed by atoms with van der Waals surface area (Å²) in [6.45, 7) is 9.87. The Bertz CT molecular complexity index is 768. The number of piperidine rings is 1. The summed E-state index contributed by atoms with van der Waals surface area (Å²) in [5, 5.41) is 16.0. The molecule has 1 aliphatic carbocycles. The molecule has 0 atom stereocenters. The van der Waals surface area contributed by atoms with Gasteiger partial charge in [0.25, 0.3) is 0 Å².